The summed E-state index contributed by atoms with van der Waals surface area (Å²) in [5.41, 5.74) is 12.3. The fourth-order valence-corrected chi connectivity index (χ4v) is 5.22. The van der Waals surface area contributed by atoms with Crippen LogP contribution in [0.5, 0.6) is 0 Å². The summed E-state index contributed by atoms with van der Waals surface area (Å²) in [5.74, 6) is 0. The Hall–Kier alpha value is -3.72. The third kappa shape index (κ3) is 2.40. The number of fused-ring (bicyclic) bond motifs is 8. The highest BCUT2D eigenvalue weighted by molar-refractivity contribution is 6.09. The summed E-state index contributed by atoms with van der Waals surface area (Å²) in [6.45, 7) is 6.57. The maximum absolute atomic E-state index is 4.79. The maximum Gasteiger partial charge on any atom is 0.297 e. The minimum Gasteiger partial charge on any atom is -0.255 e. The molecule has 0 aliphatic rings. The number of aryl methyl sites for hydroxylation is 4. The Kier molecular flexibility index (Phi) is 3.73. The van der Waals surface area contributed by atoms with Gasteiger partial charge in [-0.3, -0.25) is 4.98 Å². The largest absolute Gasteiger partial charge is 0.297 e. The van der Waals surface area contributed by atoms with Crippen molar-refractivity contribution in [1.82, 2.24) is 9.55 Å². The Morgan fingerprint density at radius 3 is 2.35 bits per heavy atom. The molecule has 0 saturated heterocycles. The van der Waals surface area contributed by atoms with Gasteiger partial charge in [0.2, 0.25) is 0 Å². The van der Waals surface area contributed by atoms with Crippen molar-refractivity contribution >= 4 is 38.5 Å². The highest BCUT2D eigenvalue weighted by Crippen LogP contribution is 2.33. The molecular weight excluding hydrogens is 378 g/mol. The molecule has 0 saturated carbocycles. The lowest BCUT2D eigenvalue weighted by molar-refractivity contribution is -0.449. The first kappa shape index (κ1) is 18.1. The van der Waals surface area contributed by atoms with Crippen molar-refractivity contribution in [2.45, 2.75) is 20.8 Å². The number of imidazole rings is 1. The molecule has 0 aliphatic heterocycles. The summed E-state index contributed by atoms with van der Waals surface area (Å²) in [4.78, 5) is 4.79. The number of benzene rings is 3. The number of rotatable bonds is 1. The molecule has 0 aliphatic carbocycles. The molecule has 0 unspecified atom stereocenters. The molecule has 3 heterocycles. The third-order valence-corrected chi connectivity index (χ3v) is 6.66. The van der Waals surface area contributed by atoms with Crippen LogP contribution in [-0.2, 0) is 7.05 Å². The highest BCUT2D eigenvalue weighted by atomic mass is 15.1. The fraction of sp³-hybridized carbons (Fsp3) is 0.143. The Morgan fingerprint density at radius 2 is 1.55 bits per heavy atom. The van der Waals surface area contributed by atoms with Gasteiger partial charge in [-0.2, -0.15) is 4.40 Å². The molecule has 0 fully saturated rings. The molecule has 0 atom stereocenters. The number of hydrogen-bond acceptors (Lipinski definition) is 1. The third-order valence-electron chi connectivity index (χ3n) is 6.66. The molecule has 3 nitrogen and oxygen atoms in total. The van der Waals surface area contributed by atoms with E-state index in [2.05, 4.69) is 104 Å². The van der Waals surface area contributed by atoms with E-state index in [4.69, 9.17) is 4.98 Å². The lowest BCUT2D eigenvalue weighted by atomic mass is 9.95. The van der Waals surface area contributed by atoms with Crippen LogP contribution in [0, 0.1) is 20.8 Å². The second-order valence-electron chi connectivity index (χ2n) is 8.56. The number of aromatic nitrogens is 3. The minimum atomic E-state index is 1.07. The normalized spacial score (nSPS) is 11.9. The SMILES string of the molecule is Cc1cccc(C)c1-c1ccc2c(c1)n(C)c1c3c(C)ccnc3c3ccccc3[n+]21. The Balaban J connectivity index is 1.84. The van der Waals surface area contributed by atoms with Crippen LogP contribution in [0.3, 0.4) is 0 Å². The van der Waals surface area contributed by atoms with Gasteiger partial charge in [-0.05, 0) is 85.0 Å². The van der Waals surface area contributed by atoms with E-state index in [1.165, 1.54) is 60.8 Å². The first-order valence-corrected chi connectivity index (χ1v) is 10.7. The Bertz CT molecular complexity index is 1650. The van der Waals surface area contributed by atoms with Gasteiger partial charge in [-0.25, -0.2) is 4.57 Å². The van der Waals surface area contributed by atoms with Gasteiger partial charge in [0.25, 0.3) is 5.65 Å². The molecule has 0 radical (unpaired) electrons. The predicted octanol–water partition coefficient (Wildman–Crippen LogP) is 6.21. The second kappa shape index (κ2) is 6.39. The van der Waals surface area contributed by atoms with Crippen LogP contribution < -0.4 is 4.40 Å². The van der Waals surface area contributed by atoms with Gasteiger partial charge in [0.1, 0.15) is 5.52 Å². The molecule has 0 N–H and O–H groups in total. The molecule has 0 amide bonds. The van der Waals surface area contributed by atoms with E-state index in [9.17, 15) is 0 Å². The van der Waals surface area contributed by atoms with Crippen molar-refractivity contribution in [3.8, 4) is 11.1 Å². The lowest BCUT2D eigenvalue weighted by Crippen LogP contribution is -2.23. The first-order valence-electron chi connectivity index (χ1n) is 10.7. The zero-order chi connectivity index (χ0) is 21.3. The van der Waals surface area contributed by atoms with E-state index in [-0.39, 0.29) is 0 Å². The van der Waals surface area contributed by atoms with Crippen LogP contribution in [0.25, 0.3) is 49.6 Å². The predicted molar refractivity (Wildman–Crippen MR) is 129 cm³/mol. The number of nitrogens with zero attached hydrogens (tertiary/aromatic N) is 3. The first-order chi connectivity index (χ1) is 15.1. The summed E-state index contributed by atoms with van der Waals surface area (Å²) in [6, 6.07) is 24.1. The van der Waals surface area contributed by atoms with E-state index < -0.39 is 0 Å². The number of hydrogen-bond donors (Lipinski definition) is 0. The van der Waals surface area contributed by atoms with E-state index in [1.807, 2.05) is 6.20 Å². The van der Waals surface area contributed by atoms with Crippen molar-refractivity contribution in [1.29, 1.82) is 0 Å². The molecule has 3 aromatic heterocycles. The fourth-order valence-electron chi connectivity index (χ4n) is 5.22. The van der Waals surface area contributed by atoms with Gasteiger partial charge >= 0.3 is 0 Å². The van der Waals surface area contributed by atoms with Crippen LogP contribution in [-0.4, -0.2) is 9.55 Å². The van der Waals surface area contributed by atoms with Crippen LogP contribution in [0.2, 0.25) is 0 Å². The quantitative estimate of drug-likeness (QED) is 0.237. The van der Waals surface area contributed by atoms with Gasteiger partial charge in [0, 0.05) is 11.6 Å². The summed E-state index contributed by atoms with van der Waals surface area (Å²) < 4.78 is 4.73. The Morgan fingerprint density at radius 1 is 0.774 bits per heavy atom. The molecule has 6 rings (SSSR count). The summed E-state index contributed by atoms with van der Waals surface area (Å²) >= 11 is 0. The van der Waals surface area contributed by atoms with Gasteiger partial charge in [-0.1, -0.05) is 30.3 Å². The lowest BCUT2D eigenvalue weighted by Gasteiger charge is -2.09. The van der Waals surface area contributed by atoms with Crippen LogP contribution in [0.15, 0.2) is 72.9 Å². The van der Waals surface area contributed by atoms with Gasteiger partial charge in [-0.15, -0.1) is 0 Å². The van der Waals surface area contributed by atoms with Crippen molar-refractivity contribution < 1.29 is 4.40 Å². The molecule has 3 aromatic carbocycles. The number of pyridine rings is 2. The standard InChI is InChI=1S/C28H24N3/c1-17-8-7-9-18(2)25(17)20-12-13-23-24(16-20)30(4)28-26-19(3)14-15-29-27(26)21-10-5-6-11-22(21)31(23)28/h5-16H,1-4H3/q+1. The summed E-state index contributed by atoms with van der Waals surface area (Å²) in [5, 5.41) is 2.40. The van der Waals surface area contributed by atoms with Crippen molar-refractivity contribution in [2.75, 3.05) is 0 Å². The average molecular weight is 403 g/mol. The second-order valence-corrected chi connectivity index (χ2v) is 8.56. The monoisotopic (exact) mass is 402 g/mol. The highest BCUT2D eigenvalue weighted by Gasteiger charge is 2.25. The van der Waals surface area contributed by atoms with Crippen LogP contribution >= 0.6 is 0 Å². The summed E-state index contributed by atoms with van der Waals surface area (Å²) in [6.07, 6.45) is 1.92. The van der Waals surface area contributed by atoms with Crippen LogP contribution in [0.1, 0.15) is 16.7 Å². The molecule has 0 spiro atoms. The summed E-state index contributed by atoms with van der Waals surface area (Å²) in [7, 11) is 2.17. The van der Waals surface area contributed by atoms with E-state index in [0.717, 1.165) is 5.52 Å². The van der Waals surface area contributed by atoms with E-state index in [1.54, 1.807) is 0 Å². The molecular formula is C28H24N3+. The molecule has 3 heteroatoms. The Labute approximate surface area is 181 Å². The van der Waals surface area contributed by atoms with Crippen molar-refractivity contribution in [3.63, 3.8) is 0 Å². The van der Waals surface area contributed by atoms with Crippen LogP contribution in [0.4, 0.5) is 0 Å². The molecule has 31 heavy (non-hydrogen) atoms. The van der Waals surface area contributed by atoms with Gasteiger partial charge in [0.05, 0.1) is 18.0 Å². The topological polar surface area (TPSA) is 21.9 Å². The van der Waals surface area contributed by atoms with Crippen molar-refractivity contribution in [3.05, 3.63) is 89.6 Å². The zero-order valence-electron chi connectivity index (χ0n) is 18.3. The van der Waals surface area contributed by atoms with E-state index >= 15 is 0 Å². The minimum absolute atomic E-state index is 1.07. The van der Waals surface area contributed by atoms with E-state index in [0.29, 0.717) is 0 Å². The molecule has 6 aromatic rings. The smallest absolute Gasteiger partial charge is 0.255 e. The number of para-hydroxylation sites is 1. The average Bonchev–Trinajstić information content (AvgIpc) is 3.06. The molecule has 0 bridgehead atoms. The molecule has 150 valence electrons. The van der Waals surface area contributed by atoms with Crippen molar-refractivity contribution in [2.24, 2.45) is 7.05 Å². The maximum atomic E-state index is 4.79. The zero-order valence-corrected chi connectivity index (χ0v) is 18.3. The van der Waals surface area contributed by atoms with Gasteiger partial charge < -0.3 is 0 Å². The van der Waals surface area contributed by atoms with Gasteiger partial charge in [0.15, 0.2) is 11.0 Å².